The van der Waals surface area contributed by atoms with E-state index in [1.54, 1.807) is 43.3 Å². The van der Waals surface area contributed by atoms with Gasteiger partial charge in [0.1, 0.15) is 11.3 Å². The number of benzene rings is 2. The lowest BCUT2D eigenvalue weighted by atomic mass is 10.1. The van der Waals surface area contributed by atoms with Crippen molar-refractivity contribution in [2.24, 2.45) is 0 Å². The number of amides is 3. The third-order valence-electron chi connectivity index (χ3n) is 4.71. The third-order valence-corrected chi connectivity index (χ3v) is 4.71. The molecule has 1 aliphatic heterocycles. The number of esters is 1. The Bertz CT molecular complexity index is 981. The number of hydrogen-bond donors (Lipinski definition) is 1. The van der Waals surface area contributed by atoms with E-state index >= 15 is 0 Å². The standard InChI is InChI=1S/C22H22N2O6/c1-4-23-19(25)13(2)30-22(28)17-11-14(9-10-18(17)29-3)12-24-20(26)15-7-5-6-8-16(15)21(24)27/h5-11,13H,4,12H2,1-3H3,(H,23,25)/t13-/m1/s1. The fourth-order valence-electron chi connectivity index (χ4n) is 3.17. The molecule has 1 atom stereocenters. The highest BCUT2D eigenvalue weighted by molar-refractivity contribution is 6.21. The molecule has 0 aliphatic carbocycles. The lowest BCUT2D eigenvalue weighted by Gasteiger charge is -2.17. The highest BCUT2D eigenvalue weighted by Crippen LogP contribution is 2.27. The van der Waals surface area contributed by atoms with E-state index in [0.29, 0.717) is 23.2 Å². The first-order valence-corrected chi connectivity index (χ1v) is 9.48. The predicted molar refractivity (Wildman–Crippen MR) is 107 cm³/mol. The molecular weight excluding hydrogens is 388 g/mol. The van der Waals surface area contributed by atoms with Crippen molar-refractivity contribution < 1.29 is 28.7 Å². The summed E-state index contributed by atoms with van der Waals surface area (Å²) in [5, 5.41) is 2.58. The maximum absolute atomic E-state index is 12.6. The molecule has 2 aromatic rings. The molecule has 0 spiro atoms. The van der Waals surface area contributed by atoms with Crippen molar-refractivity contribution >= 4 is 23.7 Å². The van der Waals surface area contributed by atoms with Gasteiger partial charge in [-0.05, 0) is 43.7 Å². The number of nitrogens with zero attached hydrogens (tertiary/aromatic N) is 1. The quantitative estimate of drug-likeness (QED) is 0.554. The maximum atomic E-state index is 12.6. The Kier molecular flexibility index (Phi) is 6.15. The van der Waals surface area contributed by atoms with Crippen LogP contribution in [-0.4, -0.2) is 48.3 Å². The van der Waals surface area contributed by atoms with Crippen LogP contribution >= 0.6 is 0 Å². The summed E-state index contributed by atoms with van der Waals surface area (Å²) in [6.45, 7) is 3.64. The van der Waals surface area contributed by atoms with Crippen LogP contribution in [0.2, 0.25) is 0 Å². The fourth-order valence-corrected chi connectivity index (χ4v) is 3.17. The second-order valence-corrected chi connectivity index (χ2v) is 6.72. The molecule has 0 fully saturated rings. The van der Waals surface area contributed by atoms with Crippen molar-refractivity contribution in [1.29, 1.82) is 0 Å². The Morgan fingerprint density at radius 1 is 1.07 bits per heavy atom. The molecule has 2 aromatic carbocycles. The van der Waals surface area contributed by atoms with E-state index in [2.05, 4.69) is 5.32 Å². The molecule has 0 aromatic heterocycles. The molecule has 8 heteroatoms. The number of rotatable bonds is 7. The van der Waals surface area contributed by atoms with Gasteiger partial charge in [-0.2, -0.15) is 0 Å². The molecule has 0 radical (unpaired) electrons. The van der Waals surface area contributed by atoms with Crippen LogP contribution in [0.4, 0.5) is 0 Å². The smallest absolute Gasteiger partial charge is 0.342 e. The first kappa shape index (κ1) is 21.0. The first-order chi connectivity index (χ1) is 14.4. The summed E-state index contributed by atoms with van der Waals surface area (Å²) in [7, 11) is 1.41. The lowest BCUT2D eigenvalue weighted by molar-refractivity contribution is -0.128. The molecule has 8 nitrogen and oxygen atoms in total. The number of carbonyl (C=O) groups is 4. The number of imide groups is 1. The van der Waals surface area contributed by atoms with Crippen molar-refractivity contribution in [3.8, 4) is 5.75 Å². The van der Waals surface area contributed by atoms with Gasteiger partial charge in [0.15, 0.2) is 6.10 Å². The van der Waals surface area contributed by atoms with Gasteiger partial charge in [-0.3, -0.25) is 19.3 Å². The Balaban J connectivity index is 1.81. The number of fused-ring (bicyclic) bond motifs is 1. The van der Waals surface area contributed by atoms with Crippen LogP contribution in [0.5, 0.6) is 5.75 Å². The summed E-state index contributed by atoms with van der Waals surface area (Å²) in [6.07, 6.45) is -0.984. The van der Waals surface area contributed by atoms with Crippen molar-refractivity contribution in [2.75, 3.05) is 13.7 Å². The van der Waals surface area contributed by atoms with E-state index in [4.69, 9.17) is 9.47 Å². The molecule has 0 unspecified atom stereocenters. The second-order valence-electron chi connectivity index (χ2n) is 6.72. The van der Waals surface area contributed by atoms with Crippen LogP contribution in [0, 0.1) is 0 Å². The van der Waals surface area contributed by atoms with Gasteiger partial charge in [0.05, 0.1) is 24.8 Å². The molecular formula is C22H22N2O6. The Hall–Kier alpha value is -3.68. The maximum Gasteiger partial charge on any atom is 0.342 e. The van der Waals surface area contributed by atoms with Gasteiger partial charge in [-0.15, -0.1) is 0 Å². The summed E-state index contributed by atoms with van der Waals surface area (Å²) in [5.41, 5.74) is 1.35. The Morgan fingerprint density at radius 2 is 1.70 bits per heavy atom. The van der Waals surface area contributed by atoms with Crippen LogP contribution in [-0.2, 0) is 16.1 Å². The van der Waals surface area contributed by atoms with Crippen LogP contribution in [0.25, 0.3) is 0 Å². The van der Waals surface area contributed by atoms with Gasteiger partial charge >= 0.3 is 5.97 Å². The molecule has 0 saturated heterocycles. The SMILES string of the molecule is CCNC(=O)[C@@H](C)OC(=O)c1cc(CN2C(=O)c3ccccc3C2=O)ccc1OC. The third kappa shape index (κ3) is 4.03. The van der Waals surface area contributed by atoms with Crippen LogP contribution in [0.15, 0.2) is 42.5 Å². The normalized spacial score (nSPS) is 13.6. The predicted octanol–water partition coefficient (Wildman–Crippen LogP) is 2.17. The van der Waals surface area contributed by atoms with E-state index in [1.165, 1.54) is 20.1 Å². The minimum atomic E-state index is -0.984. The van der Waals surface area contributed by atoms with Crippen molar-refractivity contribution in [1.82, 2.24) is 10.2 Å². The minimum Gasteiger partial charge on any atom is -0.496 e. The monoisotopic (exact) mass is 410 g/mol. The first-order valence-electron chi connectivity index (χ1n) is 9.48. The van der Waals surface area contributed by atoms with Crippen molar-refractivity contribution in [2.45, 2.75) is 26.5 Å². The van der Waals surface area contributed by atoms with E-state index in [9.17, 15) is 19.2 Å². The summed E-state index contributed by atoms with van der Waals surface area (Å²) in [4.78, 5) is 50.7. The molecule has 1 N–H and O–H groups in total. The van der Waals surface area contributed by atoms with E-state index in [-0.39, 0.29) is 29.7 Å². The average molecular weight is 410 g/mol. The molecule has 0 bridgehead atoms. The lowest BCUT2D eigenvalue weighted by Crippen LogP contribution is -2.35. The molecule has 156 valence electrons. The Labute approximate surface area is 173 Å². The molecule has 3 rings (SSSR count). The molecule has 0 saturated carbocycles. The number of carbonyl (C=O) groups excluding carboxylic acids is 4. The molecule has 1 aliphatic rings. The highest BCUT2D eigenvalue weighted by atomic mass is 16.5. The molecule has 1 heterocycles. The number of hydrogen-bond acceptors (Lipinski definition) is 6. The Morgan fingerprint density at radius 3 is 2.27 bits per heavy atom. The largest absolute Gasteiger partial charge is 0.496 e. The van der Waals surface area contributed by atoms with E-state index in [1.807, 2.05) is 0 Å². The van der Waals surface area contributed by atoms with E-state index < -0.39 is 18.0 Å². The van der Waals surface area contributed by atoms with Gasteiger partial charge < -0.3 is 14.8 Å². The zero-order chi connectivity index (χ0) is 21.8. The van der Waals surface area contributed by atoms with Gasteiger partial charge in [-0.25, -0.2) is 4.79 Å². The van der Waals surface area contributed by atoms with Crippen LogP contribution in [0.3, 0.4) is 0 Å². The summed E-state index contributed by atoms with van der Waals surface area (Å²) in [5.74, 6) is -1.67. The summed E-state index contributed by atoms with van der Waals surface area (Å²) < 4.78 is 10.5. The zero-order valence-corrected chi connectivity index (χ0v) is 16.9. The van der Waals surface area contributed by atoms with E-state index in [0.717, 1.165) is 4.90 Å². The molecule has 30 heavy (non-hydrogen) atoms. The van der Waals surface area contributed by atoms with Gasteiger partial charge in [0.2, 0.25) is 0 Å². The number of methoxy groups -OCH3 is 1. The number of nitrogens with one attached hydrogen (secondary N) is 1. The van der Waals surface area contributed by atoms with Crippen molar-refractivity contribution in [3.05, 3.63) is 64.7 Å². The fraction of sp³-hybridized carbons (Fsp3) is 0.273. The summed E-state index contributed by atoms with van der Waals surface area (Å²) in [6, 6.07) is 11.3. The average Bonchev–Trinajstić information content (AvgIpc) is 2.99. The van der Waals surface area contributed by atoms with Gasteiger partial charge in [0, 0.05) is 6.54 Å². The van der Waals surface area contributed by atoms with Crippen molar-refractivity contribution in [3.63, 3.8) is 0 Å². The second kappa shape index (κ2) is 8.77. The number of ether oxygens (including phenoxy) is 2. The van der Waals surface area contributed by atoms with Gasteiger partial charge in [-0.1, -0.05) is 18.2 Å². The van der Waals surface area contributed by atoms with Crippen LogP contribution < -0.4 is 10.1 Å². The summed E-state index contributed by atoms with van der Waals surface area (Å²) >= 11 is 0. The minimum absolute atomic E-state index is 0.0114. The van der Waals surface area contributed by atoms with Crippen LogP contribution in [0.1, 0.15) is 50.5 Å². The number of likely N-dealkylation sites (N-methyl/N-ethyl adjacent to an activating group) is 1. The van der Waals surface area contributed by atoms with Gasteiger partial charge in [0.25, 0.3) is 17.7 Å². The highest BCUT2D eigenvalue weighted by Gasteiger charge is 2.35. The topological polar surface area (TPSA) is 102 Å². The zero-order valence-electron chi connectivity index (χ0n) is 16.9. The molecule has 3 amide bonds.